The maximum absolute atomic E-state index is 13.2. The van der Waals surface area contributed by atoms with Crippen LogP contribution in [0.3, 0.4) is 0 Å². The molecule has 4 atom stereocenters. The van der Waals surface area contributed by atoms with Crippen LogP contribution < -0.4 is 5.32 Å². The van der Waals surface area contributed by atoms with E-state index in [1.807, 2.05) is 13.8 Å². The number of piperidine rings is 1. The molecular weight excluding hydrogens is 296 g/mol. The molecule has 0 radical (unpaired) electrons. The van der Waals surface area contributed by atoms with Gasteiger partial charge in [0.05, 0.1) is 5.60 Å². The quantitative estimate of drug-likeness (QED) is 0.873. The van der Waals surface area contributed by atoms with Gasteiger partial charge in [0.15, 0.2) is 0 Å². The third kappa shape index (κ3) is 3.28. The second-order valence-corrected chi connectivity index (χ2v) is 6.65. The minimum absolute atomic E-state index is 0.0374. The molecule has 0 spiro atoms. The van der Waals surface area contributed by atoms with Gasteiger partial charge in [0.25, 0.3) is 0 Å². The standard InChI is InChI=1S/C19H21F2NO/c1-12-18(14-5-9-16(21)10-6-14)22-17(11-19(12,2)23)13-3-7-15(20)8-4-13/h3-10,12,17-18,22-23H,11H2,1-2H3/t12-,17-,18-,19-/m1/s1. The van der Waals surface area contributed by atoms with Crippen molar-refractivity contribution in [2.75, 3.05) is 0 Å². The summed E-state index contributed by atoms with van der Waals surface area (Å²) >= 11 is 0. The molecule has 23 heavy (non-hydrogen) atoms. The maximum Gasteiger partial charge on any atom is 0.123 e. The first kappa shape index (κ1) is 16.1. The zero-order valence-electron chi connectivity index (χ0n) is 13.3. The average Bonchev–Trinajstić information content (AvgIpc) is 2.51. The molecule has 2 nitrogen and oxygen atoms in total. The predicted molar refractivity (Wildman–Crippen MR) is 85.8 cm³/mol. The second kappa shape index (κ2) is 6.02. The molecule has 1 heterocycles. The van der Waals surface area contributed by atoms with Crippen molar-refractivity contribution < 1.29 is 13.9 Å². The number of benzene rings is 2. The van der Waals surface area contributed by atoms with E-state index in [2.05, 4.69) is 5.32 Å². The highest BCUT2D eigenvalue weighted by atomic mass is 19.1. The highest BCUT2D eigenvalue weighted by molar-refractivity contribution is 5.27. The van der Waals surface area contributed by atoms with Crippen molar-refractivity contribution in [2.24, 2.45) is 5.92 Å². The Bertz CT molecular complexity index is 667. The molecule has 0 aromatic heterocycles. The van der Waals surface area contributed by atoms with E-state index in [0.29, 0.717) is 6.42 Å². The molecule has 0 amide bonds. The number of rotatable bonds is 2. The molecule has 1 aliphatic heterocycles. The number of hydrogen-bond donors (Lipinski definition) is 2. The summed E-state index contributed by atoms with van der Waals surface area (Å²) in [5.74, 6) is -0.594. The van der Waals surface area contributed by atoms with Gasteiger partial charge in [-0.1, -0.05) is 31.2 Å². The molecule has 0 bridgehead atoms. The molecule has 122 valence electrons. The SMILES string of the molecule is C[C@@H]1[C@H](c2ccc(F)cc2)N[C@@H](c2ccc(F)cc2)C[C@@]1(C)O. The number of aliphatic hydroxyl groups is 1. The van der Waals surface area contributed by atoms with Gasteiger partial charge in [0.2, 0.25) is 0 Å². The minimum Gasteiger partial charge on any atom is -0.390 e. The maximum atomic E-state index is 13.2. The minimum atomic E-state index is -0.872. The lowest BCUT2D eigenvalue weighted by molar-refractivity contribution is -0.0526. The summed E-state index contributed by atoms with van der Waals surface area (Å²) < 4.78 is 26.3. The van der Waals surface area contributed by atoms with E-state index >= 15 is 0 Å². The molecular formula is C19H21F2NO. The van der Waals surface area contributed by atoms with Crippen molar-refractivity contribution in [3.8, 4) is 0 Å². The fourth-order valence-electron chi connectivity index (χ4n) is 3.34. The van der Waals surface area contributed by atoms with Crippen molar-refractivity contribution in [2.45, 2.75) is 38.0 Å². The van der Waals surface area contributed by atoms with Gasteiger partial charge in [-0.05, 0) is 48.7 Å². The van der Waals surface area contributed by atoms with Crippen LogP contribution in [0.2, 0.25) is 0 Å². The van der Waals surface area contributed by atoms with Gasteiger partial charge >= 0.3 is 0 Å². The smallest absolute Gasteiger partial charge is 0.123 e. The van der Waals surface area contributed by atoms with Crippen LogP contribution in [0.5, 0.6) is 0 Å². The lowest BCUT2D eigenvalue weighted by Gasteiger charge is -2.46. The van der Waals surface area contributed by atoms with Crippen molar-refractivity contribution in [1.29, 1.82) is 0 Å². The van der Waals surface area contributed by atoms with Crippen LogP contribution in [0.4, 0.5) is 8.78 Å². The molecule has 0 saturated carbocycles. The molecule has 1 aliphatic rings. The largest absolute Gasteiger partial charge is 0.390 e. The summed E-state index contributed by atoms with van der Waals surface area (Å²) in [5, 5.41) is 14.4. The highest BCUT2D eigenvalue weighted by Gasteiger charge is 2.42. The summed E-state index contributed by atoms with van der Waals surface area (Å²) in [5.41, 5.74) is 1.00. The van der Waals surface area contributed by atoms with Gasteiger partial charge in [0.1, 0.15) is 11.6 Å². The van der Waals surface area contributed by atoms with E-state index in [9.17, 15) is 13.9 Å². The summed E-state index contributed by atoms with van der Waals surface area (Å²) in [6, 6.07) is 12.5. The molecule has 2 aromatic rings. The molecule has 1 fully saturated rings. The molecule has 3 rings (SSSR count). The lowest BCUT2D eigenvalue weighted by atomic mass is 9.73. The average molecular weight is 317 g/mol. The van der Waals surface area contributed by atoms with E-state index < -0.39 is 5.60 Å². The lowest BCUT2D eigenvalue weighted by Crippen LogP contribution is -2.50. The molecule has 0 aliphatic carbocycles. The normalized spacial score (nSPS) is 31.1. The third-order valence-corrected chi connectivity index (χ3v) is 4.98. The van der Waals surface area contributed by atoms with Crippen molar-refractivity contribution in [3.05, 3.63) is 71.3 Å². The number of hydrogen-bond acceptors (Lipinski definition) is 2. The first-order chi connectivity index (χ1) is 10.9. The fourth-order valence-corrected chi connectivity index (χ4v) is 3.34. The zero-order valence-corrected chi connectivity index (χ0v) is 13.3. The second-order valence-electron chi connectivity index (χ2n) is 6.65. The van der Waals surface area contributed by atoms with Gasteiger partial charge in [-0.25, -0.2) is 8.78 Å². The van der Waals surface area contributed by atoms with Gasteiger partial charge in [-0.15, -0.1) is 0 Å². The van der Waals surface area contributed by atoms with Gasteiger partial charge in [-0.2, -0.15) is 0 Å². The van der Waals surface area contributed by atoms with Crippen LogP contribution in [0, 0.1) is 17.6 Å². The van der Waals surface area contributed by atoms with Crippen molar-refractivity contribution in [1.82, 2.24) is 5.32 Å². The Morgan fingerprint density at radius 2 is 1.43 bits per heavy atom. The summed E-state index contributed by atoms with van der Waals surface area (Å²) in [6.45, 7) is 3.81. The Kier molecular flexibility index (Phi) is 4.21. The Morgan fingerprint density at radius 1 is 0.957 bits per heavy atom. The molecule has 2 N–H and O–H groups in total. The summed E-state index contributed by atoms with van der Waals surface area (Å²) in [7, 11) is 0. The van der Waals surface area contributed by atoms with E-state index in [1.54, 1.807) is 24.3 Å². The summed E-state index contributed by atoms with van der Waals surface area (Å²) in [4.78, 5) is 0. The van der Waals surface area contributed by atoms with Crippen LogP contribution in [-0.2, 0) is 0 Å². The molecule has 1 saturated heterocycles. The Hall–Kier alpha value is -1.78. The van der Waals surface area contributed by atoms with Crippen molar-refractivity contribution >= 4 is 0 Å². The monoisotopic (exact) mass is 317 g/mol. The van der Waals surface area contributed by atoms with Crippen LogP contribution >= 0.6 is 0 Å². The summed E-state index contributed by atoms with van der Waals surface area (Å²) in [6.07, 6.45) is 0.539. The van der Waals surface area contributed by atoms with E-state index in [4.69, 9.17) is 0 Å². The van der Waals surface area contributed by atoms with Gasteiger partial charge in [0, 0.05) is 18.0 Å². The molecule has 0 unspecified atom stereocenters. The molecule has 2 aromatic carbocycles. The van der Waals surface area contributed by atoms with Crippen LogP contribution in [0.25, 0.3) is 0 Å². The van der Waals surface area contributed by atoms with Crippen LogP contribution in [-0.4, -0.2) is 10.7 Å². The third-order valence-electron chi connectivity index (χ3n) is 4.98. The Balaban J connectivity index is 1.92. The first-order valence-corrected chi connectivity index (χ1v) is 7.86. The fraction of sp³-hybridized carbons (Fsp3) is 0.368. The van der Waals surface area contributed by atoms with Gasteiger partial charge < -0.3 is 10.4 Å². The topological polar surface area (TPSA) is 32.3 Å². The van der Waals surface area contributed by atoms with Crippen LogP contribution in [0.15, 0.2) is 48.5 Å². The van der Waals surface area contributed by atoms with E-state index in [1.165, 1.54) is 24.3 Å². The zero-order chi connectivity index (χ0) is 16.6. The predicted octanol–water partition coefficient (Wildman–Crippen LogP) is 4.13. The number of halogens is 2. The molecule has 4 heteroatoms. The van der Waals surface area contributed by atoms with Crippen molar-refractivity contribution in [3.63, 3.8) is 0 Å². The van der Waals surface area contributed by atoms with E-state index in [-0.39, 0.29) is 29.6 Å². The van der Waals surface area contributed by atoms with E-state index in [0.717, 1.165) is 11.1 Å². The Labute approximate surface area is 135 Å². The number of nitrogens with one attached hydrogen (secondary N) is 1. The van der Waals surface area contributed by atoms with Gasteiger partial charge in [-0.3, -0.25) is 0 Å². The van der Waals surface area contributed by atoms with Crippen LogP contribution in [0.1, 0.15) is 43.5 Å². The highest BCUT2D eigenvalue weighted by Crippen LogP contribution is 2.42. The Morgan fingerprint density at radius 3 is 1.96 bits per heavy atom. The first-order valence-electron chi connectivity index (χ1n) is 7.86.